The molecule has 0 fully saturated rings. The predicted molar refractivity (Wildman–Crippen MR) is 73.2 cm³/mol. The molecule has 0 radical (unpaired) electrons. The largest absolute Gasteiger partial charge is 0.437 e. The van der Waals surface area contributed by atoms with Crippen molar-refractivity contribution in [1.29, 1.82) is 0 Å². The first kappa shape index (κ1) is 16.5. The molecule has 0 aliphatic rings. The Hall–Kier alpha value is -1.53. The average molecular weight is 290 g/mol. The number of hydrogen-bond donors (Lipinski definition) is 2. The summed E-state index contributed by atoms with van der Waals surface area (Å²) in [6, 6.07) is 0.0351. The molecule has 114 valence electrons. The van der Waals surface area contributed by atoms with Crippen LogP contribution in [0.4, 0.5) is 24.8 Å². The van der Waals surface area contributed by atoms with Crippen molar-refractivity contribution >= 4 is 11.6 Å². The van der Waals surface area contributed by atoms with Crippen LogP contribution in [0.15, 0.2) is 6.20 Å². The van der Waals surface area contributed by atoms with E-state index >= 15 is 0 Å². The molecule has 1 atom stereocenters. The Bertz CT molecular complexity index is 464. The molecule has 0 saturated carbocycles. The predicted octanol–water partition coefficient (Wildman–Crippen LogP) is 3.56. The van der Waals surface area contributed by atoms with Crippen LogP contribution in [0.2, 0.25) is 0 Å². The van der Waals surface area contributed by atoms with E-state index in [0.717, 1.165) is 6.20 Å². The van der Waals surface area contributed by atoms with Crippen molar-refractivity contribution < 1.29 is 13.2 Å². The topological polar surface area (TPSA) is 63.8 Å². The molecule has 0 amide bonds. The second-order valence-corrected chi connectivity index (χ2v) is 6.22. The van der Waals surface area contributed by atoms with Gasteiger partial charge in [-0.3, -0.25) is 0 Å². The summed E-state index contributed by atoms with van der Waals surface area (Å²) in [7, 11) is 0. The number of alkyl halides is 3. The minimum atomic E-state index is -4.59. The molecule has 1 aromatic rings. The normalized spacial score (nSPS) is 14.4. The van der Waals surface area contributed by atoms with E-state index in [1.165, 1.54) is 0 Å². The van der Waals surface area contributed by atoms with Crippen molar-refractivity contribution in [2.45, 2.75) is 46.8 Å². The first-order chi connectivity index (χ1) is 8.93. The van der Waals surface area contributed by atoms with Gasteiger partial charge in [0.1, 0.15) is 5.82 Å². The second-order valence-electron chi connectivity index (χ2n) is 6.22. The van der Waals surface area contributed by atoms with Crippen LogP contribution >= 0.6 is 0 Å². The van der Waals surface area contributed by atoms with E-state index in [9.17, 15) is 13.2 Å². The Morgan fingerprint density at radius 1 is 1.20 bits per heavy atom. The Morgan fingerprint density at radius 2 is 1.75 bits per heavy atom. The van der Waals surface area contributed by atoms with Gasteiger partial charge in [0, 0.05) is 6.04 Å². The van der Waals surface area contributed by atoms with E-state index < -0.39 is 17.7 Å². The lowest BCUT2D eigenvalue weighted by Gasteiger charge is -2.35. The highest BCUT2D eigenvalue weighted by Gasteiger charge is 2.36. The Kier molecular flexibility index (Phi) is 4.51. The average Bonchev–Trinajstić information content (AvgIpc) is 2.22. The van der Waals surface area contributed by atoms with Gasteiger partial charge in [0.2, 0.25) is 0 Å². The van der Waals surface area contributed by atoms with Gasteiger partial charge in [-0.15, -0.1) is 0 Å². The van der Waals surface area contributed by atoms with Gasteiger partial charge in [0.05, 0.1) is 6.20 Å². The molecule has 20 heavy (non-hydrogen) atoms. The summed E-state index contributed by atoms with van der Waals surface area (Å²) in [6.07, 6.45) is -3.52. The Labute approximate surface area is 117 Å². The standard InChI is InChI=1S/C13H21F3N4/c1-7(2)9(12(3,4)5)19-8-6-18-10(11(17)20-8)13(14,15)16/h6-7,9H,1-5H3,(H3,17,19,20)/t9-/m1/s1. The van der Waals surface area contributed by atoms with E-state index in [1.54, 1.807) is 0 Å². The first-order valence-electron chi connectivity index (χ1n) is 6.39. The number of hydrogen-bond acceptors (Lipinski definition) is 4. The number of nitrogens with one attached hydrogen (secondary N) is 1. The molecule has 0 aliphatic heterocycles. The lowest BCUT2D eigenvalue weighted by Crippen LogP contribution is -2.38. The number of halogens is 3. The van der Waals surface area contributed by atoms with Crippen LogP contribution in [0, 0.1) is 11.3 Å². The summed E-state index contributed by atoms with van der Waals surface area (Å²) in [5.41, 5.74) is 4.11. The van der Waals surface area contributed by atoms with Gasteiger partial charge >= 0.3 is 6.18 Å². The minimum Gasteiger partial charge on any atom is -0.382 e. The van der Waals surface area contributed by atoms with Crippen molar-refractivity contribution in [2.75, 3.05) is 11.1 Å². The molecule has 1 aromatic heterocycles. The van der Waals surface area contributed by atoms with Gasteiger partial charge in [-0.25, -0.2) is 9.97 Å². The van der Waals surface area contributed by atoms with E-state index in [2.05, 4.69) is 15.3 Å². The fourth-order valence-electron chi connectivity index (χ4n) is 2.23. The van der Waals surface area contributed by atoms with Crippen LogP contribution in [0.1, 0.15) is 40.3 Å². The Balaban J connectivity index is 3.02. The quantitative estimate of drug-likeness (QED) is 0.893. The molecule has 1 rings (SSSR count). The highest BCUT2D eigenvalue weighted by molar-refractivity contribution is 5.45. The van der Waals surface area contributed by atoms with E-state index in [0.29, 0.717) is 0 Å². The Morgan fingerprint density at radius 3 is 2.10 bits per heavy atom. The fraction of sp³-hybridized carbons (Fsp3) is 0.692. The van der Waals surface area contributed by atoms with Crippen molar-refractivity contribution in [3.8, 4) is 0 Å². The molecule has 0 saturated heterocycles. The lowest BCUT2D eigenvalue weighted by molar-refractivity contribution is -0.140. The van der Waals surface area contributed by atoms with Crippen LogP contribution < -0.4 is 11.1 Å². The fourth-order valence-corrected chi connectivity index (χ4v) is 2.23. The van der Waals surface area contributed by atoms with Gasteiger partial charge < -0.3 is 11.1 Å². The van der Waals surface area contributed by atoms with Crippen molar-refractivity contribution in [3.63, 3.8) is 0 Å². The van der Waals surface area contributed by atoms with Crippen molar-refractivity contribution in [1.82, 2.24) is 9.97 Å². The van der Waals surface area contributed by atoms with Crippen molar-refractivity contribution in [2.24, 2.45) is 11.3 Å². The molecule has 1 heterocycles. The lowest BCUT2D eigenvalue weighted by atomic mass is 9.80. The minimum absolute atomic E-state index is 0.0351. The summed E-state index contributed by atoms with van der Waals surface area (Å²) < 4.78 is 37.7. The third-order valence-electron chi connectivity index (χ3n) is 2.97. The van der Waals surface area contributed by atoms with Crippen LogP contribution in [0.3, 0.4) is 0 Å². The van der Waals surface area contributed by atoms with E-state index in [1.807, 2.05) is 34.6 Å². The van der Waals surface area contributed by atoms with Gasteiger partial charge in [0.15, 0.2) is 11.5 Å². The van der Waals surface area contributed by atoms with Gasteiger partial charge in [-0.1, -0.05) is 34.6 Å². The monoisotopic (exact) mass is 290 g/mol. The summed E-state index contributed by atoms with van der Waals surface area (Å²) in [5, 5.41) is 3.12. The zero-order chi connectivity index (χ0) is 15.7. The summed E-state index contributed by atoms with van der Waals surface area (Å²) in [4.78, 5) is 7.13. The number of rotatable bonds is 3. The molecule has 0 aromatic carbocycles. The van der Waals surface area contributed by atoms with Gasteiger partial charge in [0.25, 0.3) is 0 Å². The number of aromatic nitrogens is 2. The molecule has 4 nitrogen and oxygen atoms in total. The maximum atomic E-state index is 12.6. The SMILES string of the molecule is CC(C)[C@@H](Nc1cnc(C(F)(F)F)c(N)n1)C(C)(C)C. The van der Waals surface area contributed by atoms with Crippen LogP contribution in [0.25, 0.3) is 0 Å². The molecule has 3 N–H and O–H groups in total. The number of nitrogen functional groups attached to an aromatic ring is 1. The maximum absolute atomic E-state index is 12.6. The summed E-state index contributed by atoms with van der Waals surface area (Å²) in [6.45, 7) is 10.2. The molecular formula is C13H21F3N4. The van der Waals surface area contributed by atoms with Gasteiger partial charge in [-0.2, -0.15) is 13.2 Å². The maximum Gasteiger partial charge on any atom is 0.437 e. The molecule has 0 spiro atoms. The van der Waals surface area contributed by atoms with E-state index in [-0.39, 0.29) is 23.2 Å². The molecule has 0 bridgehead atoms. The summed E-state index contributed by atoms with van der Waals surface area (Å²) in [5.74, 6) is -0.0802. The zero-order valence-corrected chi connectivity index (χ0v) is 12.3. The van der Waals surface area contributed by atoms with E-state index in [4.69, 9.17) is 5.73 Å². The number of anilines is 2. The number of nitrogens with two attached hydrogens (primary N) is 1. The molecule has 0 aliphatic carbocycles. The molecule has 0 unspecified atom stereocenters. The smallest absolute Gasteiger partial charge is 0.382 e. The van der Waals surface area contributed by atoms with Crippen LogP contribution in [-0.4, -0.2) is 16.0 Å². The highest BCUT2D eigenvalue weighted by Crippen LogP contribution is 2.32. The summed E-state index contributed by atoms with van der Waals surface area (Å²) >= 11 is 0. The number of nitrogens with zero attached hydrogens (tertiary/aromatic N) is 2. The third-order valence-corrected chi connectivity index (χ3v) is 2.97. The van der Waals surface area contributed by atoms with Crippen LogP contribution in [-0.2, 0) is 6.18 Å². The highest BCUT2D eigenvalue weighted by atomic mass is 19.4. The van der Waals surface area contributed by atoms with Crippen LogP contribution in [0.5, 0.6) is 0 Å². The first-order valence-corrected chi connectivity index (χ1v) is 6.39. The zero-order valence-electron chi connectivity index (χ0n) is 12.3. The molecular weight excluding hydrogens is 269 g/mol. The van der Waals surface area contributed by atoms with Gasteiger partial charge in [-0.05, 0) is 11.3 Å². The second kappa shape index (κ2) is 5.46. The third kappa shape index (κ3) is 3.98. The van der Waals surface area contributed by atoms with Crippen molar-refractivity contribution in [3.05, 3.63) is 11.9 Å². The molecule has 7 heteroatoms.